The quantitative estimate of drug-likeness (QED) is 0.721. The first-order valence-electron chi connectivity index (χ1n) is 7.59. The predicted octanol–water partition coefficient (Wildman–Crippen LogP) is 3.84. The molecule has 4 heteroatoms. The van der Waals surface area contributed by atoms with E-state index < -0.39 is 0 Å². The van der Waals surface area contributed by atoms with Crippen LogP contribution in [0.5, 0.6) is 5.75 Å². The van der Waals surface area contributed by atoms with Crippen LogP contribution < -0.4 is 10.2 Å². The summed E-state index contributed by atoms with van der Waals surface area (Å²) in [5.74, 6) is 1.27. The van der Waals surface area contributed by atoms with Gasteiger partial charge in [-0.1, -0.05) is 12.1 Å². The Morgan fingerprint density at radius 2 is 2.05 bits per heavy atom. The van der Waals surface area contributed by atoms with E-state index in [0.29, 0.717) is 17.4 Å². The molecule has 0 unspecified atom stereocenters. The zero-order chi connectivity index (χ0) is 15.2. The number of hydrogen-bond donors (Lipinski definition) is 3. The van der Waals surface area contributed by atoms with Crippen LogP contribution in [-0.2, 0) is 0 Å². The molecular formula is C17H25NO3. The van der Waals surface area contributed by atoms with Gasteiger partial charge in [0.2, 0.25) is 0 Å². The van der Waals surface area contributed by atoms with Crippen LogP contribution in [-0.4, -0.2) is 23.5 Å². The molecule has 1 fully saturated rings. The van der Waals surface area contributed by atoms with Gasteiger partial charge >= 0.3 is 0 Å². The van der Waals surface area contributed by atoms with Crippen molar-refractivity contribution in [2.75, 3.05) is 12.6 Å². The number of benzene rings is 1. The van der Waals surface area contributed by atoms with Gasteiger partial charge in [-0.3, -0.25) is 10.7 Å². The van der Waals surface area contributed by atoms with E-state index in [9.17, 15) is 5.11 Å². The minimum atomic E-state index is -0.106. The van der Waals surface area contributed by atoms with Crippen molar-refractivity contribution in [3.63, 3.8) is 0 Å². The Morgan fingerprint density at radius 1 is 1.33 bits per heavy atom. The fourth-order valence-electron chi connectivity index (χ4n) is 3.05. The monoisotopic (exact) mass is 291 g/mol. The first-order chi connectivity index (χ1) is 10.2. The topological polar surface area (TPSA) is 61.7 Å². The van der Waals surface area contributed by atoms with E-state index in [4.69, 9.17) is 9.94 Å². The third-order valence-corrected chi connectivity index (χ3v) is 4.37. The number of anilines is 1. The van der Waals surface area contributed by atoms with E-state index in [1.807, 2.05) is 18.2 Å². The average molecular weight is 291 g/mol. The van der Waals surface area contributed by atoms with Crippen LogP contribution >= 0.6 is 0 Å². The number of allylic oxidation sites excluding steroid dienone is 2. The summed E-state index contributed by atoms with van der Waals surface area (Å²) >= 11 is 0. The van der Waals surface area contributed by atoms with Gasteiger partial charge in [0, 0.05) is 0 Å². The first kappa shape index (κ1) is 15.9. The third-order valence-electron chi connectivity index (χ3n) is 4.37. The largest absolute Gasteiger partial charge is 0.494 e. The van der Waals surface area contributed by atoms with E-state index in [1.165, 1.54) is 5.57 Å². The van der Waals surface area contributed by atoms with Crippen LogP contribution in [0.15, 0.2) is 24.3 Å². The Kier molecular flexibility index (Phi) is 5.65. The first-order valence-corrected chi connectivity index (χ1v) is 7.59. The molecule has 3 N–H and O–H groups in total. The number of ether oxygens (including phenoxy) is 1. The summed E-state index contributed by atoms with van der Waals surface area (Å²) in [4.78, 5) is 0. The number of nitrogens with one attached hydrogen (secondary N) is 1. The summed E-state index contributed by atoms with van der Waals surface area (Å²) in [6.07, 6.45) is 7.07. The van der Waals surface area contributed by atoms with Crippen molar-refractivity contribution in [1.29, 1.82) is 0 Å². The second kappa shape index (κ2) is 7.48. The second-order valence-corrected chi connectivity index (χ2v) is 5.72. The zero-order valence-corrected chi connectivity index (χ0v) is 12.8. The lowest BCUT2D eigenvalue weighted by atomic mass is 9.82. The van der Waals surface area contributed by atoms with E-state index in [-0.39, 0.29) is 6.10 Å². The number of aliphatic hydroxyl groups is 1. The molecule has 1 aliphatic rings. The maximum atomic E-state index is 9.60. The van der Waals surface area contributed by atoms with E-state index in [2.05, 4.69) is 18.5 Å². The molecule has 0 heterocycles. The number of rotatable bonds is 5. The molecule has 21 heavy (non-hydrogen) atoms. The third kappa shape index (κ3) is 3.99. The molecule has 0 aliphatic heterocycles. The zero-order valence-electron chi connectivity index (χ0n) is 12.8. The van der Waals surface area contributed by atoms with Crippen molar-refractivity contribution < 1.29 is 15.1 Å². The SMILES string of the molecule is CC=C(CC1CCC(O)CC1)c1ccc(NO)c(OC)c1. The van der Waals surface area contributed by atoms with Crippen LogP contribution in [0, 0.1) is 5.92 Å². The lowest BCUT2D eigenvalue weighted by molar-refractivity contribution is 0.110. The fourth-order valence-corrected chi connectivity index (χ4v) is 3.05. The normalized spacial score (nSPS) is 23.0. The van der Waals surface area contributed by atoms with Crippen LogP contribution in [0.4, 0.5) is 5.69 Å². The standard InChI is InChI=1S/C17H25NO3/c1-3-13(10-12-4-7-15(19)8-5-12)14-6-9-16(18-20)17(11-14)21-2/h3,6,9,11-12,15,18-20H,4-5,7-8,10H2,1-2H3. The maximum Gasteiger partial charge on any atom is 0.144 e. The van der Waals surface area contributed by atoms with Gasteiger partial charge in [0.1, 0.15) is 11.4 Å². The molecule has 0 aromatic heterocycles. The Morgan fingerprint density at radius 3 is 2.62 bits per heavy atom. The Balaban J connectivity index is 2.11. The Hall–Kier alpha value is -1.52. The van der Waals surface area contributed by atoms with Gasteiger partial charge in [0.25, 0.3) is 0 Å². The van der Waals surface area contributed by atoms with Crippen LogP contribution in [0.3, 0.4) is 0 Å². The predicted molar refractivity (Wildman–Crippen MR) is 84.6 cm³/mol. The summed E-state index contributed by atoms with van der Waals surface area (Å²) in [6, 6.07) is 5.77. The summed E-state index contributed by atoms with van der Waals surface area (Å²) < 4.78 is 5.29. The molecule has 1 saturated carbocycles. The van der Waals surface area contributed by atoms with Gasteiger partial charge in [0.15, 0.2) is 0 Å². The summed E-state index contributed by atoms with van der Waals surface area (Å²) in [7, 11) is 1.60. The van der Waals surface area contributed by atoms with Crippen LogP contribution in [0.2, 0.25) is 0 Å². The van der Waals surface area contributed by atoms with Gasteiger partial charge in [0.05, 0.1) is 13.2 Å². The molecule has 1 aliphatic carbocycles. The van der Waals surface area contributed by atoms with Gasteiger partial charge in [-0.05, 0) is 68.2 Å². The molecule has 1 aromatic rings. The molecule has 0 saturated heterocycles. The highest BCUT2D eigenvalue weighted by molar-refractivity contribution is 5.70. The Labute approximate surface area is 126 Å². The fraction of sp³-hybridized carbons (Fsp3) is 0.529. The number of hydrogen-bond acceptors (Lipinski definition) is 4. The number of methoxy groups -OCH3 is 1. The highest BCUT2D eigenvalue weighted by Crippen LogP contribution is 2.35. The lowest BCUT2D eigenvalue weighted by Gasteiger charge is -2.26. The summed E-state index contributed by atoms with van der Waals surface area (Å²) in [5.41, 5.74) is 5.13. The van der Waals surface area contributed by atoms with Crippen molar-refractivity contribution in [2.45, 2.75) is 45.1 Å². The minimum absolute atomic E-state index is 0.106. The lowest BCUT2D eigenvalue weighted by Crippen LogP contribution is -2.18. The van der Waals surface area contributed by atoms with E-state index in [0.717, 1.165) is 37.7 Å². The molecule has 0 bridgehead atoms. The maximum absolute atomic E-state index is 9.60. The van der Waals surface area contributed by atoms with Gasteiger partial charge < -0.3 is 9.84 Å². The van der Waals surface area contributed by atoms with Crippen LogP contribution in [0.1, 0.15) is 44.6 Å². The Bertz CT molecular complexity index is 491. The van der Waals surface area contributed by atoms with Crippen molar-refractivity contribution in [1.82, 2.24) is 0 Å². The minimum Gasteiger partial charge on any atom is -0.494 e. The van der Waals surface area contributed by atoms with Crippen molar-refractivity contribution in [3.8, 4) is 5.75 Å². The number of aliphatic hydroxyl groups excluding tert-OH is 1. The van der Waals surface area contributed by atoms with Crippen molar-refractivity contribution in [2.24, 2.45) is 5.92 Å². The van der Waals surface area contributed by atoms with E-state index >= 15 is 0 Å². The molecule has 4 nitrogen and oxygen atoms in total. The molecule has 116 valence electrons. The molecule has 0 radical (unpaired) electrons. The van der Waals surface area contributed by atoms with E-state index in [1.54, 1.807) is 7.11 Å². The summed E-state index contributed by atoms with van der Waals surface area (Å²) in [5, 5.41) is 18.7. The highest BCUT2D eigenvalue weighted by Gasteiger charge is 2.20. The average Bonchev–Trinajstić information content (AvgIpc) is 2.53. The second-order valence-electron chi connectivity index (χ2n) is 5.72. The van der Waals surface area contributed by atoms with Gasteiger partial charge in [-0.2, -0.15) is 0 Å². The molecule has 2 rings (SSSR count). The molecular weight excluding hydrogens is 266 g/mol. The molecule has 1 aromatic carbocycles. The van der Waals surface area contributed by atoms with Crippen molar-refractivity contribution >= 4 is 11.3 Å². The van der Waals surface area contributed by atoms with Gasteiger partial charge in [-0.25, -0.2) is 0 Å². The van der Waals surface area contributed by atoms with Crippen molar-refractivity contribution in [3.05, 3.63) is 29.8 Å². The molecule has 0 atom stereocenters. The van der Waals surface area contributed by atoms with Crippen LogP contribution in [0.25, 0.3) is 5.57 Å². The molecule has 0 spiro atoms. The smallest absolute Gasteiger partial charge is 0.144 e. The highest BCUT2D eigenvalue weighted by atomic mass is 16.5. The summed E-state index contributed by atoms with van der Waals surface area (Å²) in [6.45, 7) is 2.05. The van der Waals surface area contributed by atoms with Gasteiger partial charge in [-0.15, -0.1) is 0 Å². The molecule has 0 amide bonds.